The molecule has 25 heavy (non-hydrogen) atoms. The third-order valence-electron chi connectivity index (χ3n) is 5.35. The van der Waals surface area contributed by atoms with Crippen LogP contribution in [0.2, 0.25) is 0 Å². The molecule has 2 fully saturated rings. The van der Waals surface area contributed by atoms with Crippen LogP contribution in [0.15, 0.2) is 29.1 Å². The van der Waals surface area contributed by atoms with Crippen LogP contribution in [0.4, 0.5) is 0 Å². The number of nitrogens with zero attached hydrogens (tertiary/aromatic N) is 2. The number of piperazine rings is 1. The first-order valence-electron chi connectivity index (χ1n) is 9.27. The quantitative estimate of drug-likeness (QED) is 0.837. The summed E-state index contributed by atoms with van der Waals surface area (Å²) in [5.41, 5.74) is 3.03. The minimum Gasteiger partial charge on any atom is -0.364 e. The van der Waals surface area contributed by atoms with Gasteiger partial charge in [0, 0.05) is 43.8 Å². The molecule has 1 saturated heterocycles. The van der Waals surface area contributed by atoms with Crippen LogP contribution in [-0.2, 0) is 13.0 Å². The Morgan fingerprint density at radius 2 is 2.08 bits per heavy atom. The van der Waals surface area contributed by atoms with Crippen molar-refractivity contribution >= 4 is 28.1 Å². The number of pyridine rings is 1. The number of nitrogens with one attached hydrogen (secondary N) is 1. The molecule has 1 aliphatic heterocycles. The average molecular weight is 356 g/mol. The molecule has 1 N–H and O–H groups in total. The Kier molecular flexibility index (Phi) is 4.61. The van der Waals surface area contributed by atoms with Crippen LogP contribution in [0.5, 0.6) is 0 Å². The first-order valence-corrected chi connectivity index (χ1v) is 9.68. The van der Waals surface area contributed by atoms with Crippen molar-refractivity contribution in [1.82, 2.24) is 14.8 Å². The molecule has 0 unspecified atom stereocenters. The SMILES string of the molecule is CCc1cc2ccc(CN3CCN(CC4CC4)C(=S)C3)cc2[nH]c1=O. The van der Waals surface area contributed by atoms with Crippen molar-refractivity contribution in [3.63, 3.8) is 0 Å². The number of hydrogen-bond donors (Lipinski definition) is 1. The number of hydrogen-bond acceptors (Lipinski definition) is 3. The summed E-state index contributed by atoms with van der Waals surface area (Å²) < 4.78 is 0. The number of aromatic nitrogens is 1. The van der Waals surface area contributed by atoms with Gasteiger partial charge in [0.2, 0.25) is 0 Å². The highest BCUT2D eigenvalue weighted by atomic mass is 32.1. The van der Waals surface area contributed by atoms with E-state index in [1.165, 1.54) is 18.4 Å². The van der Waals surface area contributed by atoms with Gasteiger partial charge in [-0.25, -0.2) is 0 Å². The van der Waals surface area contributed by atoms with Gasteiger partial charge in [0.25, 0.3) is 5.56 Å². The maximum Gasteiger partial charge on any atom is 0.251 e. The molecule has 0 bridgehead atoms. The molecular weight excluding hydrogens is 330 g/mol. The van der Waals surface area contributed by atoms with E-state index in [0.717, 1.165) is 66.5 Å². The maximum absolute atomic E-state index is 12.0. The van der Waals surface area contributed by atoms with Crippen LogP contribution in [0.25, 0.3) is 10.9 Å². The highest BCUT2D eigenvalue weighted by Crippen LogP contribution is 2.30. The molecule has 2 aliphatic rings. The molecule has 5 heteroatoms. The van der Waals surface area contributed by atoms with Crippen LogP contribution in [0, 0.1) is 5.92 Å². The zero-order valence-corrected chi connectivity index (χ0v) is 15.6. The van der Waals surface area contributed by atoms with Gasteiger partial charge >= 0.3 is 0 Å². The van der Waals surface area contributed by atoms with Gasteiger partial charge in [-0.15, -0.1) is 0 Å². The van der Waals surface area contributed by atoms with Gasteiger partial charge in [-0.05, 0) is 48.3 Å². The van der Waals surface area contributed by atoms with Gasteiger partial charge in [0.05, 0.1) is 4.99 Å². The van der Waals surface area contributed by atoms with Gasteiger partial charge in [-0.1, -0.05) is 31.3 Å². The van der Waals surface area contributed by atoms with E-state index in [1.54, 1.807) is 0 Å². The van der Waals surface area contributed by atoms with Crippen molar-refractivity contribution in [2.75, 3.05) is 26.2 Å². The summed E-state index contributed by atoms with van der Waals surface area (Å²) in [6.07, 6.45) is 3.51. The van der Waals surface area contributed by atoms with E-state index in [2.05, 4.69) is 33.0 Å². The molecule has 132 valence electrons. The van der Waals surface area contributed by atoms with Crippen LogP contribution in [0.1, 0.15) is 30.9 Å². The molecule has 0 radical (unpaired) electrons. The zero-order valence-electron chi connectivity index (χ0n) is 14.8. The van der Waals surface area contributed by atoms with Crippen molar-refractivity contribution in [3.05, 3.63) is 45.7 Å². The summed E-state index contributed by atoms with van der Waals surface area (Å²) in [4.78, 5) is 21.0. The van der Waals surface area contributed by atoms with Crippen molar-refractivity contribution in [3.8, 4) is 0 Å². The molecule has 0 atom stereocenters. The predicted molar refractivity (Wildman–Crippen MR) is 106 cm³/mol. The number of fused-ring (bicyclic) bond motifs is 1. The second-order valence-electron chi connectivity index (χ2n) is 7.39. The summed E-state index contributed by atoms with van der Waals surface area (Å²) in [7, 11) is 0. The first kappa shape index (κ1) is 16.7. The fourth-order valence-corrected chi connectivity index (χ4v) is 3.96. The molecule has 0 amide bonds. The van der Waals surface area contributed by atoms with E-state index in [9.17, 15) is 4.79 Å². The van der Waals surface area contributed by atoms with Gasteiger partial charge < -0.3 is 9.88 Å². The molecule has 1 saturated carbocycles. The largest absolute Gasteiger partial charge is 0.364 e. The smallest absolute Gasteiger partial charge is 0.251 e. The van der Waals surface area contributed by atoms with Gasteiger partial charge in [0.1, 0.15) is 0 Å². The molecule has 4 rings (SSSR count). The minimum absolute atomic E-state index is 0.0296. The lowest BCUT2D eigenvalue weighted by molar-refractivity contribution is 0.223. The normalized spacial score (nSPS) is 18.9. The molecule has 1 aliphatic carbocycles. The van der Waals surface area contributed by atoms with Gasteiger partial charge in [0.15, 0.2) is 0 Å². The number of aromatic amines is 1. The Morgan fingerprint density at radius 1 is 1.24 bits per heavy atom. The maximum atomic E-state index is 12.0. The van der Waals surface area contributed by atoms with E-state index < -0.39 is 0 Å². The number of thiocarbonyl (C=S) groups is 1. The van der Waals surface area contributed by atoms with Crippen molar-refractivity contribution in [2.45, 2.75) is 32.7 Å². The van der Waals surface area contributed by atoms with Crippen LogP contribution in [0.3, 0.4) is 0 Å². The van der Waals surface area contributed by atoms with Gasteiger partial charge in [-0.3, -0.25) is 9.69 Å². The monoisotopic (exact) mass is 355 g/mol. The summed E-state index contributed by atoms with van der Waals surface area (Å²) in [5, 5.41) is 1.10. The number of H-pyrrole nitrogens is 1. The minimum atomic E-state index is 0.0296. The second-order valence-corrected chi connectivity index (χ2v) is 7.86. The highest BCUT2D eigenvalue weighted by Gasteiger charge is 2.28. The molecule has 0 spiro atoms. The van der Waals surface area contributed by atoms with Crippen LogP contribution >= 0.6 is 12.2 Å². The van der Waals surface area contributed by atoms with E-state index in [1.807, 2.05) is 13.0 Å². The molecule has 2 heterocycles. The third-order valence-corrected chi connectivity index (χ3v) is 5.73. The Labute approximate surface area is 153 Å². The van der Waals surface area contributed by atoms with Crippen LogP contribution in [-0.4, -0.2) is 46.0 Å². The number of rotatable bonds is 5. The summed E-state index contributed by atoms with van der Waals surface area (Å²) >= 11 is 5.63. The standard InChI is InChI=1S/C20H25N3OS/c1-2-16-10-17-6-5-15(9-18(17)21-20(16)24)11-22-7-8-23(19(25)13-22)12-14-3-4-14/h5-6,9-10,14H,2-4,7-8,11-13H2,1H3,(H,21,24). The topological polar surface area (TPSA) is 39.3 Å². The first-order chi connectivity index (χ1) is 12.1. The predicted octanol–water partition coefficient (Wildman–Crippen LogP) is 2.95. The van der Waals surface area contributed by atoms with Crippen molar-refractivity contribution in [2.24, 2.45) is 5.92 Å². The molecule has 4 nitrogen and oxygen atoms in total. The Bertz CT molecular complexity index is 856. The van der Waals surface area contributed by atoms with Crippen molar-refractivity contribution < 1.29 is 0 Å². The zero-order chi connectivity index (χ0) is 17.4. The Morgan fingerprint density at radius 3 is 2.80 bits per heavy atom. The summed E-state index contributed by atoms with van der Waals surface area (Å²) in [6.45, 7) is 7.01. The lowest BCUT2D eigenvalue weighted by Crippen LogP contribution is -2.49. The van der Waals surface area contributed by atoms with Crippen molar-refractivity contribution in [1.29, 1.82) is 0 Å². The van der Waals surface area contributed by atoms with E-state index >= 15 is 0 Å². The lowest BCUT2D eigenvalue weighted by atomic mass is 10.1. The highest BCUT2D eigenvalue weighted by molar-refractivity contribution is 7.80. The van der Waals surface area contributed by atoms with E-state index in [0.29, 0.717) is 0 Å². The second kappa shape index (κ2) is 6.89. The summed E-state index contributed by atoms with van der Waals surface area (Å²) in [6, 6.07) is 8.39. The molecule has 1 aromatic carbocycles. The fraction of sp³-hybridized carbons (Fsp3) is 0.500. The molecule has 2 aromatic rings. The Balaban J connectivity index is 1.45. The average Bonchev–Trinajstić information content (AvgIpc) is 3.41. The van der Waals surface area contributed by atoms with Crippen LogP contribution < -0.4 is 5.56 Å². The van der Waals surface area contributed by atoms with E-state index in [4.69, 9.17) is 12.2 Å². The molecule has 1 aromatic heterocycles. The van der Waals surface area contributed by atoms with Gasteiger partial charge in [-0.2, -0.15) is 0 Å². The Hall–Kier alpha value is -1.72. The lowest BCUT2D eigenvalue weighted by Gasteiger charge is -2.36. The van der Waals surface area contributed by atoms with E-state index in [-0.39, 0.29) is 5.56 Å². The number of aryl methyl sites for hydroxylation is 1. The number of benzene rings is 1. The fourth-order valence-electron chi connectivity index (χ4n) is 3.61. The third kappa shape index (κ3) is 3.77. The summed E-state index contributed by atoms with van der Waals surface area (Å²) in [5.74, 6) is 0.884. The molecular formula is C20H25N3OS.